The molecule has 0 amide bonds. The van der Waals surface area contributed by atoms with Crippen molar-refractivity contribution in [3.05, 3.63) is 132 Å². The first-order valence-corrected chi connectivity index (χ1v) is 11.5. The molecule has 1 unspecified atom stereocenters. The zero-order valence-corrected chi connectivity index (χ0v) is 20.3. The van der Waals surface area contributed by atoms with E-state index in [1.54, 1.807) is 6.20 Å². The molecular formula is C33H45N3O. The monoisotopic (exact) mass is 499 g/mol. The summed E-state index contributed by atoms with van der Waals surface area (Å²) in [7, 11) is 0. The Labute approximate surface area is 225 Å². The lowest BCUT2D eigenvalue weighted by Gasteiger charge is -2.31. The third kappa shape index (κ3) is 8.19. The second kappa shape index (κ2) is 14.8. The van der Waals surface area contributed by atoms with Crippen molar-refractivity contribution >= 4 is 5.78 Å². The normalized spacial score (nSPS) is 11.3. The molecule has 0 fully saturated rings. The van der Waals surface area contributed by atoms with Gasteiger partial charge in [0.1, 0.15) is 0 Å². The number of aromatic nitrogens is 2. The first kappa shape index (κ1) is 33.4. The van der Waals surface area contributed by atoms with Crippen LogP contribution in [0.5, 0.6) is 0 Å². The van der Waals surface area contributed by atoms with Crippen LogP contribution in [0.4, 0.5) is 0 Å². The Balaban J connectivity index is 0.000000648. The van der Waals surface area contributed by atoms with E-state index in [0.717, 1.165) is 22.5 Å². The zero-order valence-electron chi connectivity index (χ0n) is 20.3. The van der Waals surface area contributed by atoms with E-state index in [2.05, 4.69) is 35.9 Å². The molecule has 0 bridgehead atoms. The van der Waals surface area contributed by atoms with Crippen LogP contribution < -0.4 is 5.73 Å². The van der Waals surface area contributed by atoms with Crippen LogP contribution in [0.15, 0.2) is 109 Å². The molecular weight excluding hydrogens is 454 g/mol. The smallest absolute Gasteiger partial charge is 0.174 e. The molecule has 0 radical (unpaired) electrons. The molecule has 2 N–H and O–H groups in total. The number of ketones is 1. The third-order valence-electron chi connectivity index (χ3n) is 6.17. The molecule has 0 saturated heterocycles. The number of carbonyl (C=O) groups is 1. The fourth-order valence-corrected chi connectivity index (χ4v) is 3.78. The van der Waals surface area contributed by atoms with Gasteiger partial charge in [0.05, 0.1) is 11.1 Å². The summed E-state index contributed by atoms with van der Waals surface area (Å²) in [5, 5.41) is 0. The van der Waals surface area contributed by atoms with Gasteiger partial charge < -0.3 is 5.73 Å². The van der Waals surface area contributed by atoms with E-state index in [4.69, 9.17) is 5.73 Å². The van der Waals surface area contributed by atoms with Gasteiger partial charge in [0, 0.05) is 35.1 Å². The SMILES string of the molecule is C.C.C.CC(C)(C(=O)c1ccccc1)c1ccccn1.CC(C)(c1ccccn1)C(N)c1ccccc1. The summed E-state index contributed by atoms with van der Waals surface area (Å²) in [6.45, 7) is 8.08. The van der Waals surface area contributed by atoms with E-state index in [1.807, 2.05) is 105 Å². The summed E-state index contributed by atoms with van der Waals surface area (Å²) >= 11 is 0. The molecule has 37 heavy (non-hydrogen) atoms. The van der Waals surface area contributed by atoms with Crippen molar-refractivity contribution in [2.75, 3.05) is 0 Å². The van der Waals surface area contributed by atoms with Crippen LogP contribution in [-0.4, -0.2) is 15.8 Å². The van der Waals surface area contributed by atoms with Crippen molar-refractivity contribution in [3.63, 3.8) is 0 Å². The molecule has 198 valence electrons. The van der Waals surface area contributed by atoms with Crippen molar-refractivity contribution in [1.29, 1.82) is 0 Å². The number of nitrogens with two attached hydrogens (primary N) is 1. The van der Waals surface area contributed by atoms with Crippen LogP contribution in [-0.2, 0) is 10.8 Å². The van der Waals surface area contributed by atoms with Crippen molar-refractivity contribution in [2.24, 2.45) is 5.73 Å². The fraction of sp³-hybridized carbons (Fsp3) is 0.303. The quantitative estimate of drug-likeness (QED) is 0.271. The maximum Gasteiger partial charge on any atom is 0.174 e. The van der Waals surface area contributed by atoms with E-state index >= 15 is 0 Å². The minimum Gasteiger partial charge on any atom is -0.323 e. The minimum absolute atomic E-state index is 0. The van der Waals surface area contributed by atoms with E-state index in [-0.39, 0.29) is 39.5 Å². The van der Waals surface area contributed by atoms with Gasteiger partial charge in [-0.15, -0.1) is 0 Å². The van der Waals surface area contributed by atoms with Crippen LogP contribution in [0.1, 0.15) is 83.3 Å². The summed E-state index contributed by atoms with van der Waals surface area (Å²) in [5.74, 6) is 0.0943. The van der Waals surface area contributed by atoms with Gasteiger partial charge in [0.25, 0.3) is 0 Å². The molecule has 0 saturated carbocycles. The lowest BCUT2D eigenvalue weighted by atomic mass is 9.78. The molecule has 4 rings (SSSR count). The lowest BCUT2D eigenvalue weighted by molar-refractivity contribution is 0.0906. The molecule has 4 aromatic rings. The standard InChI is InChI=1S/C15H18N2.C15H15NO.3CH4/c1-15(2,13-10-6-7-11-17-13)14(16)12-8-4-3-5-9-12;1-15(2,13-10-6-7-11-16-13)14(17)12-8-4-3-5-9-12;;;/h3-11,14H,16H2,1-2H3;3-11H,1-2H3;3*1H4. The molecule has 0 aliphatic rings. The predicted molar refractivity (Wildman–Crippen MR) is 159 cm³/mol. The lowest BCUT2D eigenvalue weighted by Crippen LogP contribution is -2.33. The Kier molecular flexibility index (Phi) is 13.4. The van der Waals surface area contributed by atoms with Crippen molar-refractivity contribution in [1.82, 2.24) is 9.97 Å². The Morgan fingerprint density at radius 1 is 0.649 bits per heavy atom. The highest BCUT2D eigenvalue weighted by Crippen LogP contribution is 2.33. The number of hydrogen-bond acceptors (Lipinski definition) is 4. The predicted octanol–water partition coefficient (Wildman–Crippen LogP) is 8.21. The van der Waals surface area contributed by atoms with Gasteiger partial charge in [-0.2, -0.15) is 0 Å². The molecule has 1 atom stereocenters. The van der Waals surface area contributed by atoms with Gasteiger partial charge in [-0.1, -0.05) is 109 Å². The Morgan fingerprint density at radius 2 is 1.08 bits per heavy atom. The van der Waals surface area contributed by atoms with E-state index in [0.29, 0.717) is 0 Å². The molecule has 2 heterocycles. The Bertz CT molecular complexity index is 1160. The fourth-order valence-electron chi connectivity index (χ4n) is 3.78. The molecule has 4 nitrogen and oxygen atoms in total. The van der Waals surface area contributed by atoms with Crippen LogP contribution >= 0.6 is 0 Å². The van der Waals surface area contributed by atoms with Gasteiger partial charge in [0.2, 0.25) is 0 Å². The van der Waals surface area contributed by atoms with Gasteiger partial charge in [-0.05, 0) is 43.7 Å². The number of benzene rings is 2. The number of hydrogen-bond donors (Lipinski definition) is 1. The molecule has 4 heteroatoms. The Morgan fingerprint density at radius 3 is 1.54 bits per heavy atom. The summed E-state index contributed by atoms with van der Waals surface area (Å²) in [4.78, 5) is 21.1. The molecule has 0 aliphatic heterocycles. The average molecular weight is 500 g/mol. The van der Waals surface area contributed by atoms with Crippen LogP contribution in [0, 0.1) is 0 Å². The second-order valence-corrected chi connectivity index (χ2v) is 9.36. The van der Waals surface area contributed by atoms with Crippen molar-refractivity contribution in [3.8, 4) is 0 Å². The van der Waals surface area contributed by atoms with E-state index in [9.17, 15) is 4.79 Å². The maximum absolute atomic E-state index is 12.4. The van der Waals surface area contributed by atoms with Gasteiger partial charge in [-0.3, -0.25) is 14.8 Å². The number of pyridine rings is 2. The van der Waals surface area contributed by atoms with Crippen LogP contribution in [0.2, 0.25) is 0 Å². The summed E-state index contributed by atoms with van der Waals surface area (Å²) in [6, 6.07) is 31.1. The zero-order chi connectivity index (χ0) is 24.6. The number of carbonyl (C=O) groups excluding carboxylic acids is 1. The third-order valence-corrected chi connectivity index (χ3v) is 6.17. The van der Waals surface area contributed by atoms with Crippen molar-refractivity contribution in [2.45, 2.75) is 66.8 Å². The minimum atomic E-state index is -0.595. The molecule has 2 aromatic carbocycles. The van der Waals surface area contributed by atoms with Gasteiger partial charge in [-0.25, -0.2) is 0 Å². The first-order chi connectivity index (χ1) is 16.2. The second-order valence-electron chi connectivity index (χ2n) is 9.36. The van der Waals surface area contributed by atoms with Crippen molar-refractivity contribution < 1.29 is 4.79 Å². The molecule has 0 spiro atoms. The van der Waals surface area contributed by atoms with E-state index < -0.39 is 5.41 Å². The van der Waals surface area contributed by atoms with E-state index in [1.165, 1.54) is 0 Å². The Hall–Kier alpha value is -3.63. The van der Waals surface area contributed by atoms with Gasteiger partial charge in [0.15, 0.2) is 5.78 Å². The van der Waals surface area contributed by atoms with Gasteiger partial charge >= 0.3 is 0 Å². The number of nitrogens with zero attached hydrogens (tertiary/aromatic N) is 2. The summed E-state index contributed by atoms with van der Waals surface area (Å²) < 4.78 is 0. The number of Topliss-reactive ketones (excluding diaryl/α,β-unsaturated/α-hetero) is 1. The maximum atomic E-state index is 12.4. The van der Waals surface area contributed by atoms with Crippen LogP contribution in [0.3, 0.4) is 0 Å². The largest absolute Gasteiger partial charge is 0.323 e. The molecule has 0 aliphatic carbocycles. The highest BCUT2D eigenvalue weighted by atomic mass is 16.1. The topological polar surface area (TPSA) is 68.9 Å². The summed E-state index contributed by atoms with van der Waals surface area (Å²) in [5.41, 5.74) is 9.28. The first-order valence-electron chi connectivity index (χ1n) is 11.5. The number of rotatable bonds is 6. The molecule has 2 aromatic heterocycles. The highest BCUT2D eigenvalue weighted by Gasteiger charge is 2.32. The highest BCUT2D eigenvalue weighted by molar-refractivity contribution is 6.03. The average Bonchev–Trinajstić information content (AvgIpc) is 2.90. The summed E-state index contributed by atoms with van der Waals surface area (Å²) in [6.07, 6.45) is 3.53. The van der Waals surface area contributed by atoms with Crippen LogP contribution in [0.25, 0.3) is 0 Å².